The van der Waals surface area contributed by atoms with E-state index in [1.165, 1.54) is 19.2 Å². The predicted molar refractivity (Wildman–Crippen MR) is 110 cm³/mol. The van der Waals surface area contributed by atoms with E-state index in [0.717, 1.165) is 16.7 Å². The third-order valence-corrected chi connectivity index (χ3v) is 5.01. The fraction of sp³-hybridized carbons (Fsp3) is 0.286. The Hall–Kier alpha value is -3.20. The minimum atomic E-state index is -0.629. The normalized spacial score (nSPS) is 15.0. The number of hydrogen-bond donors (Lipinski definition) is 0. The Balaban J connectivity index is 1.78. The lowest BCUT2D eigenvalue weighted by molar-refractivity contribution is -0.123. The Morgan fingerprint density at radius 2 is 1.83 bits per heavy atom. The van der Waals surface area contributed by atoms with E-state index >= 15 is 0 Å². The molecule has 1 aromatic heterocycles. The van der Waals surface area contributed by atoms with Crippen LogP contribution in [0.4, 0.5) is 4.79 Å². The molecule has 0 atom stereocenters. The van der Waals surface area contributed by atoms with E-state index in [0.29, 0.717) is 36.0 Å². The molecule has 2 amide bonds. The van der Waals surface area contributed by atoms with Gasteiger partial charge in [-0.3, -0.25) is 14.5 Å². The minimum absolute atomic E-state index is 0.00727. The van der Waals surface area contributed by atoms with Gasteiger partial charge in [0.2, 0.25) is 5.76 Å². The van der Waals surface area contributed by atoms with Gasteiger partial charge in [0.25, 0.3) is 11.1 Å². The van der Waals surface area contributed by atoms with Crippen molar-refractivity contribution in [3.63, 3.8) is 0 Å². The molecule has 1 aromatic carbocycles. The zero-order chi connectivity index (χ0) is 21.7. The summed E-state index contributed by atoms with van der Waals surface area (Å²) >= 11 is 0.840. The summed E-state index contributed by atoms with van der Waals surface area (Å²) in [6.07, 6.45) is 1.63. The summed E-state index contributed by atoms with van der Waals surface area (Å²) in [4.78, 5) is 37.9. The number of rotatable bonds is 8. The Labute approximate surface area is 177 Å². The van der Waals surface area contributed by atoms with Crippen molar-refractivity contribution in [2.24, 2.45) is 0 Å². The average Bonchev–Trinajstić information content (AvgIpc) is 3.30. The first-order valence-corrected chi connectivity index (χ1v) is 10.1. The number of ether oxygens (including phenoxy) is 3. The number of thioether (sulfide) groups is 1. The van der Waals surface area contributed by atoms with E-state index in [2.05, 4.69) is 4.74 Å². The number of benzene rings is 1. The first-order valence-electron chi connectivity index (χ1n) is 9.28. The molecule has 158 valence electrons. The van der Waals surface area contributed by atoms with Crippen LogP contribution in [0.2, 0.25) is 0 Å². The van der Waals surface area contributed by atoms with Crippen LogP contribution in [0.1, 0.15) is 35.7 Å². The molecule has 1 aliphatic heterocycles. The molecular formula is C21H21NO7S. The zero-order valence-electron chi connectivity index (χ0n) is 16.8. The molecule has 3 rings (SSSR count). The van der Waals surface area contributed by atoms with E-state index in [1.807, 2.05) is 13.8 Å². The minimum Gasteiger partial charge on any atom is -0.490 e. The van der Waals surface area contributed by atoms with Gasteiger partial charge in [-0.2, -0.15) is 0 Å². The summed E-state index contributed by atoms with van der Waals surface area (Å²) in [7, 11) is 1.24. The summed E-state index contributed by atoms with van der Waals surface area (Å²) in [6, 6.07) is 8.28. The third kappa shape index (κ3) is 4.68. The van der Waals surface area contributed by atoms with E-state index < -0.39 is 17.1 Å². The summed E-state index contributed by atoms with van der Waals surface area (Å²) in [5, 5.41) is -0.418. The Morgan fingerprint density at radius 1 is 1.10 bits per heavy atom. The monoisotopic (exact) mass is 431 g/mol. The maximum absolute atomic E-state index is 12.7. The van der Waals surface area contributed by atoms with Gasteiger partial charge < -0.3 is 18.6 Å². The Kier molecular flexibility index (Phi) is 6.83. The fourth-order valence-electron chi connectivity index (χ4n) is 2.77. The van der Waals surface area contributed by atoms with E-state index in [4.69, 9.17) is 13.9 Å². The number of carbonyl (C=O) groups is 3. The number of carbonyl (C=O) groups excluding carboxylic acids is 3. The molecule has 2 aromatic rings. The van der Waals surface area contributed by atoms with Crippen molar-refractivity contribution >= 4 is 35.0 Å². The van der Waals surface area contributed by atoms with Gasteiger partial charge in [-0.1, -0.05) is 6.07 Å². The van der Waals surface area contributed by atoms with Crippen molar-refractivity contribution in [3.8, 4) is 11.5 Å². The lowest BCUT2D eigenvalue weighted by Crippen LogP contribution is -2.27. The van der Waals surface area contributed by atoms with Crippen LogP contribution in [-0.4, -0.2) is 42.3 Å². The molecule has 30 heavy (non-hydrogen) atoms. The number of amides is 2. The largest absolute Gasteiger partial charge is 0.490 e. The smallest absolute Gasteiger partial charge is 0.373 e. The number of hydrogen-bond acceptors (Lipinski definition) is 8. The average molecular weight is 431 g/mol. The second-order valence-electron chi connectivity index (χ2n) is 6.10. The highest BCUT2D eigenvalue weighted by atomic mass is 32.2. The van der Waals surface area contributed by atoms with Gasteiger partial charge in [-0.25, -0.2) is 4.79 Å². The van der Waals surface area contributed by atoms with Crippen LogP contribution in [0.15, 0.2) is 39.7 Å². The summed E-state index contributed by atoms with van der Waals surface area (Å²) in [5.41, 5.74) is 0.707. The number of furan rings is 1. The molecule has 0 bridgehead atoms. The number of esters is 1. The molecule has 1 aliphatic rings. The molecular weight excluding hydrogens is 410 g/mol. The molecule has 0 unspecified atom stereocenters. The van der Waals surface area contributed by atoms with Crippen LogP contribution in [0.25, 0.3) is 6.08 Å². The predicted octanol–water partition coefficient (Wildman–Crippen LogP) is 4.10. The molecule has 0 saturated carbocycles. The Morgan fingerprint density at radius 3 is 2.53 bits per heavy atom. The van der Waals surface area contributed by atoms with Gasteiger partial charge in [-0.05, 0) is 61.5 Å². The Bertz CT molecular complexity index is 995. The van der Waals surface area contributed by atoms with Crippen LogP contribution in [0, 0.1) is 0 Å². The summed E-state index contributed by atoms with van der Waals surface area (Å²) in [5.74, 6) is 0.428. The summed E-state index contributed by atoms with van der Waals surface area (Å²) < 4.78 is 21.1. The quantitative estimate of drug-likeness (QED) is 0.455. The van der Waals surface area contributed by atoms with Gasteiger partial charge in [0.1, 0.15) is 5.76 Å². The number of nitrogens with zero attached hydrogens (tertiary/aromatic N) is 1. The fourth-order valence-corrected chi connectivity index (χ4v) is 3.61. The molecule has 1 fully saturated rings. The maximum atomic E-state index is 12.7. The molecule has 0 N–H and O–H groups in total. The van der Waals surface area contributed by atoms with E-state index in [1.54, 1.807) is 24.3 Å². The maximum Gasteiger partial charge on any atom is 0.373 e. The molecule has 9 heteroatoms. The third-order valence-electron chi connectivity index (χ3n) is 4.10. The van der Waals surface area contributed by atoms with Gasteiger partial charge in [0.15, 0.2) is 11.5 Å². The van der Waals surface area contributed by atoms with Crippen molar-refractivity contribution < 1.29 is 33.0 Å². The van der Waals surface area contributed by atoms with Crippen LogP contribution in [0.5, 0.6) is 11.5 Å². The van der Waals surface area contributed by atoms with Gasteiger partial charge in [-0.15, -0.1) is 0 Å². The second-order valence-corrected chi connectivity index (χ2v) is 7.09. The topological polar surface area (TPSA) is 95.3 Å². The molecule has 1 saturated heterocycles. The molecule has 0 radical (unpaired) electrons. The van der Waals surface area contributed by atoms with Crippen molar-refractivity contribution in [3.05, 3.63) is 52.3 Å². The van der Waals surface area contributed by atoms with Crippen LogP contribution in [-0.2, 0) is 16.1 Å². The highest BCUT2D eigenvalue weighted by molar-refractivity contribution is 8.18. The number of imide groups is 1. The van der Waals surface area contributed by atoms with E-state index in [-0.39, 0.29) is 17.2 Å². The van der Waals surface area contributed by atoms with Crippen molar-refractivity contribution in [2.45, 2.75) is 20.4 Å². The molecule has 2 heterocycles. The van der Waals surface area contributed by atoms with Crippen molar-refractivity contribution in [1.29, 1.82) is 0 Å². The van der Waals surface area contributed by atoms with Gasteiger partial charge >= 0.3 is 5.97 Å². The van der Waals surface area contributed by atoms with Crippen LogP contribution < -0.4 is 9.47 Å². The number of methoxy groups -OCH3 is 1. The molecule has 0 aliphatic carbocycles. The zero-order valence-corrected chi connectivity index (χ0v) is 17.6. The van der Waals surface area contributed by atoms with Gasteiger partial charge in [0, 0.05) is 0 Å². The first kappa shape index (κ1) is 21.5. The van der Waals surface area contributed by atoms with E-state index in [9.17, 15) is 14.4 Å². The highest BCUT2D eigenvalue weighted by Gasteiger charge is 2.35. The summed E-state index contributed by atoms with van der Waals surface area (Å²) in [6.45, 7) is 4.65. The standard InChI is InChI=1S/C21H21NO7S/c1-4-27-15-8-6-13(10-17(15)28-5-2)11-18-19(23)22(21(25)30-18)12-14-7-9-16(29-14)20(24)26-3/h6-11H,4-5,12H2,1-3H3. The second kappa shape index (κ2) is 9.53. The van der Waals surface area contributed by atoms with Crippen molar-refractivity contribution in [1.82, 2.24) is 4.90 Å². The molecule has 8 nitrogen and oxygen atoms in total. The SMILES string of the molecule is CCOc1ccc(C=C2SC(=O)N(Cc3ccc(C(=O)OC)o3)C2=O)cc1OCC. The van der Waals surface area contributed by atoms with Crippen molar-refractivity contribution in [2.75, 3.05) is 20.3 Å². The highest BCUT2D eigenvalue weighted by Crippen LogP contribution is 2.35. The lowest BCUT2D eigenvalue weighted by Gasteiger charge is -2.11. The first-order chi connectivity index (χ1) is 14.5. The van der Waals surface area contributed by atoms with Crippen LogP contribution in [0.3, 0.4) is 0 Å². The lowest BCUT2D eigenvalue weighted by atomic mass is 10.2. The molecule has 0 spiro atoms. The van der Waals surface area contributed by atoms with Gasteiger partial charge in [0.05, 0.1) is 31.8 Å². The van der Waals surface area contributed by atoms with Crippen LogP contribution >= 0.6 is 11.8 Å².